The van der Waals surface area contributed by atoms with Crippen molar-refractivity contribution in [3.05, 3.63) is 35.9 Å². The van der Waals surface area contributed by atoms with E-state index in [2.05, 4.69) is 24.1 Å². The lowest BCUT2D eigenvalue weighted by Crippen LogP contribution is -2.57. The van der Waals surface area contributed by atoms with Crippen LogP contribution in [-0.2, 0) is 20.0 Å². The van der Waals surface area contributed by atoms with Crippen LogP contribution in [0.2, 0.25) is 0 Å². The Labute approximate surface area is 174 Å². The number of fused-ring (bicyclic) bond motifs is 2. The van der Waals surface area contributed by atoms with Crippen molar-refractivity contribution in [2.75, 3.05) is 20.1 Å². The zero-order valence-corrected chi connectivity index (χ0v) is 16.9. The molecule has 2 bridgehead atoms. The predicted molar refractivity (Wildman–Crippen MR) is 106 cm³/mol. The first-order chi connectivity index (χ1) is 14.0. The smallest absolute Gasteiger partial charge is 0.336 e. The fourth-order valence-corrected chi connectivity index (χ4v) is 4.56. The van der Waals surface area contributed by atoms with Gasteiger partial charge in [0.05, 0.1) is 18.4 Å². The molecule has 9 heteroatoms. The molecule has 1 saturated carbocycles. The summed E-state index contributed by atoms with van der Waals surface area (Å²) in [7, 11) is 2.18. The first-order valence-corrected chi connectivity index (χ1v) is 9.85. The largest absolute Gasteiger partial charge is 0.481 e. The Morgan fingerprint density at radius 3 is 1.87 bits per heavy atom. The highest BCUT2D eigenvalue weighted by molar-refractivity contribution is 5.88. The molecule has 0 spiro atoms. The SMILES string of the molecule is CN1CC2CCCC(C1)C2(O)c1ccccc1.O=C(O)CC(O)(CC(=O)O)C(=O)O. The maximum atomic E-state index is 11.2. The summed E-state index contributed by atoms with van der Waals surface area (Å²) in [6, 6.07) is 10.3. The molecule has 1 aliphatic heterocycles. The van der Waals surface area contributed by atoms with Gasteiger partial charge >= 0.3 is 17.9 Å². The zero-order valence-electron chi connectivity index (χ0n) is 16.9. The van der Waals surface area contributed by atoms with Gasteiger partial charge in [-0.1, -0.05) is 36.8 Å². The summed E-state index contributed by atoms with van der Waals surface area (Å²) >= 11 is 0. The first-order valence-electron chi connectivity index (χ1n) is 9.85. The van der Waals surface area contributed by atoms with Crippen LogP contribution in [0.15, 0.2) is 30.3 Å². The Morgan fingerprint density at radius 1 is 1.00 bits per heavy atom. The lowest BCUT2D eigenvalue weighted by Gasteiger charge is -2.52. The number of hydrogen-bond acceptors (Lipinski definition) is 6. The molecular weight excluding hydrogens is 394 g/mol. The van der Waals surface area contributed by atoms with E-state index in [9.17, 15) is 19.5 Å². The Bertz CT molecular complexity index is 736. The number of likely N-dealkylation sites (tertiary alicyclic amines) is 1. The van der Waals surface area contributed by atoms with Crippen LogP contribution in [0.5, 0.6) is 0 Å². The number of carbonyl (C=O) groups is 3. The van der Waals surface area contributed by atoms with Crippen LogP contribution in [0.4, 0.5) is 0 Å². The molecule has 30 heavy (non-hydrogen) atoms. The second kappa shape index (κ2) is 9.55. The minimum Gasteiger partial charge on any atom is -0.481 e. The number of carboxylic acid groups (broad SMARTS) is 3. The third kappa shape index (κ3) is 5.35. The molecule has 1 aliphatic carbocycles. The van der Waals surface area contributed by atoms with E-state index in [4.69, 9.17) is 20.4 Å². The van der Waals surface area contributed by atoms with Gasteiger partial charge in [0.25, 0.3) is 0 Å². The van der Waals surface area contributed by atoms with Crippen molar-refractivity contribution in [1.82, 2.24) is 4.90 Å². The van der Waals surface area contributed by atoms with Crippen molar-refractivity contribution < 1.29 is 39.9 Å². The van der Waals surface area contributed by atoms with Crippen LogP contribution < -0.4 is 0 Å². The fourth-order valence-electron chi connectivity index (χ4n) is 4.56. The zero-order chi connectivity index (χ0) is 22.5. The normalized spacial score (nSPS) is 26.2. The van der Waals surface area contributed by atoms with Crippen LogP contribution in [0, 0.1) is 11.8 Å². The third-order valence-electron chi connectivity index (χ3n) is 5.94. The van der Waals surface area contributed by atoms with Crippen LogP contribution in [0.1, 0.15) is 37.7 Å². The van der Waals surface area contributed by atoms with Gasteiger partial charge in [0.1, 0.15) is 0 Å². The van der Waals surface area contributed by atoms with E-state index >= 15 is 0 Å². The van der Waals surface area contributed by atoms with Crippen molar-refractivity contribution in [2.45, 2.75) is 43.3 Å². The topological polar surface area (TPSA) is 156 Å². The highest BCUT2D eigenvalue weighted by Gasteiger charge is 2.50. The Kier molecular flexibility index (Phi) is 7.57. The van der Waals surface area contributed by atoms with Gasteiger partial charge in [-0.15, -0.1) is 0 Å². The van der Waals surface area contributed by atoms with Gasteiger partial charge in [0.2, 0.25) is 0 Å². The lowest BCUT2D eigenvalue weighted by atomic mass is 9.63. The number of nitrogens with zero attached hydrogens (tertiary/aromatic N) is 1. The van der Waals surface area contributed by atoms with Gasteiger partial charge in [-0.2, -0.15) is 0 Å². The molecule has 1 saturated heterocycles. The monoisotopic (exact) mass is 423 g/mol. The summed E-state index contributed by atoms with van der Waals surface area (Å²) in [6.45, 7) is 2.06. The van der Waals surface area contributed by atoms with Gasteiger partial charge in [-0.3, -0.25) is 9.59 Å². The maximum absolute atomic E-state index is 11.2. The Morgan fingerprint density at radius 2 is 1.47 bits per heavy atom. The second-order valence-corrected chi connectivity index (χ2v) is 8.22. The van der Waals surface area contributed by atoms with E-state index in [0.717, 1.165) is 31.5 Å². The molecule has 0 radical (unpaired) electrons. The molecule has 9 nitrogen and oxygen atoms in total. The molecule has 3 rings (SSSR count). The minimum absolute atomic E-state index is 0.405. The standard InChI is InChI=1S/C15H21NO.C6H8O7/c1-16-10-13-8-5-9-14(11-16)15(13,17)12-6-3-2-4-7-12;7-3(8)1-6(13,5(11)12)2-4(9)10/h2-4,6-7,13-14,17H,5,8-11H2,1H3;13H,1-2H2,(H,7,8)(H,9,10)(H,11,12). The van der Waals surface area contributed by atoms with Gasteiger partial charge in [-0.25, -0.2) is 4.79 Å². The van der Waals surface area contributed by atoms with Crippen molar-refractivity contribution in [1.29, 1.82) is 0 Å². The molecule has 0 amide bonds. The molecule has 1 aromatic carbocycles. The molecule has 5 N–H and O–H groups in total. The number of carboxylic acids is 3. The summed E-state index contributed by atoms with van der Waals surface area (Å²) in [5.41, 5.74) is -2.19. The third-order valence-corrected chi connectivity index (χ3v) is 5.94. The van der Waals surface area contributed by atoms with Gasteiger partial charge in [-0.05, 0) is 25.5 Å². The predicted octanol–water partition coefficient (Wildman–Crippen LogP) is 0.987. The molecule has 1 aromatic rings. The quantitative estimate of drug-likeness (QED) is 0.450. The number of benzene rings is 1. The molecule has 2 aliphatic rings. The average molecular weight is 423 g/mol. The lowest BCUT2D eigenvalue weighted by molar-refractivity contribution is -0.170. The van der Waals surface area contributed by atoms with E-state index in [0.29, 0.717) is 11.8 Å². The first kappa shape index (κ1) is 23.8. The van der Waals surface area contributed by atoms with Crippen molar-refractivity contribution in [3.63, 3.8) is 0 Å². The van der Waals surface area contributed by atoms with Gasteiger partial charge in [0, 0.05) is 24.9 Å². The van der Waals surface area contributed by atoms with Crippen LogP contribution in [0.3, 0.4) is 0 Å². The number of piperidine rings is 1. The van der Waals surface area contributed by atoms with E-state index in [1.165, 1.54) is 6.42 Å². The molecule has 0 aromatic heterocycles. The van der Waals surface area contributed by atoms with Crippen molar-refractivity contribution in [2.24, 2.45) is 11.8 Å². The molecule has 2 fully saturated rings. The maximum Gasteiger partial charge on any atom is 0.336 e. The fraction of sp³-hybridized carbons (Fsp3) is 0.571. The number of hydrogen-bond donors (Lipinski definition) is 5. The summed E-state index contributed by atoms with van der Waals surface area (Å²) in [5.74, 6) is -4.21. The summed E-state index contributed by atoms with van der Waals surface area (Å²) in [4.78, 5) is 32.9. The number of aliphatic carboxylic acids is 3. The van der Waals surface area contributed by atoms with Crippen molar-refractivity contribution in [3.8, 4) is 0 Å². The molecule has 2 unspecified atom stereocenters. The second-order valence-electron chi connectivity index (χ2n) is 8.22. The van der Waals surface area contributed by atoms with Crippen LogP contribution in [0.25, 0.3) is 0 Å². The van der Waals surface area contributed by atoms with Crippen LogP contribution in [-0.4, -0.2) is 74.1 Å². The van der Waals surface area contributed by atoms with E-state index in [1.807, 2.05) is 18.2 Å². The molecule has 166 valence electrons. The molecule has 1 heterocycles. The van der Waals surface area contributed by atoms with E-state index in [1.54, 1.807) is 0 Å². The summed E-state index contributed by atoms with van der Waals surface area (Å²) < 4.78 is 0. The van der Waals surface area contributed by atoms with Crippen molar-refractivity contribution >= 4 is 17.9 Å². The highest BCUT2D eigenvalue weighted by atomic mass is 16.4. The van der Waals surface area contributed by atoms with E-state index in [-0.39, 0.29) is 0 Å². The Hall–Kier alpha value is -2.49. The summed E-state index contributed by atoms with van der Waals surface area (Å²) in [5, 5.41) is 45.0. The Balaban J connectivity index is 0.000000224. The molecular formula is C21H29NO8. The van der Waals surface area contributed by atoms with Gasteiger partial charge in [0.15, 0.2) is 5.60 Å². The van der Waals surface area contributed by atoms with Gasteiger partial charge < -0.3 is 30.4 Å². The number of aliphatic hydroxyl groups is 2. The summed E-state index contributed by atoms with van der Waals surface area (Å²) in [6.07, 6.45) is 1.31. The molecule has 2 atom stereocenters. The highest BCUT2D eigenvalue weighted by Crippen LogP contribution is 2.48. The minimum atomic E-state index is -2.74. The number of rotatable bonds is 6. The average Bonchev–Trinajstić information content (AvgIpc) is 2.63. The van der Waals surface area contributed by atoms with Crippen LogP contribution >= 0.6 is 0 Å². The van der Waals surface area contributed by atoms with E-state index < -0.39 is 42.0 Å².